The second-order valence-electron chi connectivity index (χ2n) is 4.79. The van der Waals surface area contributed by atoms with Gasteiger partial charge >= 0.3 is 0 Å². The van der Waals surface area contributed by atoms with Crippen LogP contribution in [0, 0.1) is 5.92 Å². The molecule has 0 heterocycles. The summed E-state index contributed by atoms with van der Waals surface area (Å²) in [6, 6.07) is 0. The molecule has 3 unspecified atom stereocenters. The van der Waals surface area contributed by atoms with Crippen LogP contribution in [0.15, 0.2) is 11.6 Å². The number of hydrogen-bond acceptors (Lipinski definition) is 2. The molecule has 2 nitrogen and oxygen atoms in total. The Bertz CT molecular complexity index is 284. The summed E-state index contributed by atoms with van der Waals surface area (Å²) in [4.78, 5) is 0. The zero-order valence-corrected chi connectivity index (χ0v) is 8.05. The van der Waals surface area contributed by atoms with Gasteiger partial charge in [0.2, 0.25) is 0 Å². The fourth-order valence-corrected chi connectivity index (χ4v) is 3.58. The minimum Gasteiger partial charge on any atom is -0.385 e. The monoisotopic (exact) mass is 180 g/mol. The van der Waals surface area contributed by atoms with E-state index in [2.05, 4.69) is 6.08 Å². The van der Waals surface area contributed by atoms with E-state index in [1.807, 2.05) is 6.92 Å². The Kier molecular flexibility index (Phi) is 1.34. The maximum atomic E-state index is 10.2. The zero-order valence-electron chi connectivity index (χ0n) is 8.05. The Labute approximate surface area is 78.6 Å². The summed E-state index contributed by atoms with van der Waals surface area (Å²) in [7, 11) is 0. The van der Waals surface area contributed by atoms with E-state index < -0.39 is 5.60 Å². The Balaban J connectivity index is 1.94. The smallest absolute Gasteiger partial charge is 0.0892 e. The van der Waals surface area contributed by atoms with Crippen molar-refractivity contribution in [2.75, 3.05) is 6.61 Å². The molecule has 4 bridgehead atoms. The standard InChI is InChI=1S/C11H16O2/c1-2-13-10-4-3-9-8(5-10)6-11(9,12)7-10/h3,8,12H,2,4-7H2,1H3. The summed E-state index contributed by atoms with van der Waals surface area (Å²) >= 11 is 0. The lowest BCUT2D eigenvalue weighted by atomic mass is 9.49. The van der Waals surface area contributed by atoms with Gasteiger partial charge in [-0.1, -0.05) is 6.08 Å². The normalized spacial score (nSPS) is 51.5. The lowest BCUT2D eigenvalue weighted by Gasteiger charge is -2.62. The SMILES string of the molecule is CCOC12CC=C3C(C1)CC3(O)C2. The molecule has 72 valence electrons. The Morgan fingerprint density at radius 1 is 1.62 bits per heavy atom. The van der Waals surface area contributed by atoms with E-state index in [0.717, 1.165) is 32.3 Å². The fourth-order valence-electron chi connectivity index (χ4n) is 3.58. The van der Waals surface area contributed by atoms with Crippen LogP contribution in [-0.4, -0.2) is 22.9 Å². The molecule has 0 radical (unpaired) electrons. The first kappa shape index (κ1) is 8.01. The van der Waals surface area contributed by atoms with Crippen LogP contribution < -0.4 is 0 Å². The molecule has 5 aliphatic rings. The van der Waals surface area contributed by atoms with Gasteiger partial charge in [-0.3, -0.25) is 0 Å². The van der Waals surface area contributed by atoms with E-state index in [1.54, 1.807) is 0 Å². The van der Waals surface area contributed by atoms with Crippen molar-refractivity contribution >= 4 is 0 Å². The topological polar surface area (TPSA) is 29.5 Å². The lowest BCUT2D eigenvalue weighted by molar-refractivity contribution is -0.178. The second kappa shape index (κ2) is 2.18. The van der Waals surface area contributed by atoms with E-state index in [-0.39, 0.29) is 5.60 Å². The average Bonchev–Trinajstić information content (AvgIpc) is 2.02. The number of ether oxygens (including phenoxy) is 1. The summed E-state index contributed by atoms with van der Waals surface area (Å²) in [6.45, 7) is 2.81. The summed E-state index contributed by atoms with van der Waals surface area (Å²) in [5.41, 5.74) is 0.846. The van der Waals surface area contributed by atoms with Gasteiger partial charge in [0.25, 0.3) is 0 Å². The van der Waals surface area contributed by atoms with E-state index in [4.69, 9.17) is 4.74 Å². The number of rotatable bonds is 2. The highest BCUT2D eigenvalue weighted by Crippen LogP contribution is 2.62. The minimum absolute atomic E-state index is 0.00579. The molecule has 0 aromatic carbocycles. The molecule has 0 saturated heterocycles. The van der Waals surface area contributed by atoms with Gasteiger partial charge in [-0.25, -0.2) is 0 Å². The molecule has 5 rings (SSSR count). The van der Waals surface area contributed by atoms with Crippen LogP contribution in [0.5, 0.6) is 0 Å². The van der Waals surface area contributed by atoms with Crippen LogP contribution in [0.3, 0.4) is 0 Å². The first-order chi connectivity index (χ1) is 6.18. The largest absolute Gasteiger partial charge is 0.385 e. The van der Waals surface area contributed by atoms with Gasteiger partial charge in [0.15, 0.2) is 0 Å². The van der Waals surface area contributed by atoms with Gasteiger partial charge in [0.05, 0.1) is 11.2 Å². The van der Waals surface area contributed by atoms with Crippen LogP contribution in [0.25, 0.3) is 0 Å². The molecule has 0 aromatic heterocycles. The van der Waals surface area contributed by atoms with Gasteiger partial charge in [-0.2, -0.15) is 0 Å². The van der Waals surface area contributed by atoms with Crippen molar-refractivity contribution < 1.29 is 9.84 Å². The second-order valence-corrected chi connectivity index (χ2v) is 4.79. The zero-order chi connectivity index (χ0) is 9.10. The third-order valence-electron chi connectivity index (χ3n) is 3.94. The van der Waals surface area contributed by atoms with Crippen molar-refractivity contribution in [2.45, 2.75) is 43.8 Å². The molecule has 0 aromatic rings. The van der Waals surface area contributed by atoms with Crippen LogP contribution in [0.1, 0.15) is 32.6 Å². The lowest BCUT2D eigenvalue weighted by Crippen LogP contribution is -2.63. The maximum Gasteiger partial charge on any atom is 0.0892 e. The molecule has 2 heteroatoms. The van der Waals surface area contributed by atoms with Crippen LogP contribution in [0.4, 0.5) is 0 Å². The molecule has 0 aliphatic heterocycles. The van der Waals surface area contributed by atoms with Crippen molar-refractivity contribution in [1.82, 2.24) is 0 Å². The molecular weight excluding hydrogens is 164 g/mol. The molecule has 3 atom stereocenters. The van der Waals surface area contributed by atoms with Gasteiger partial charge in [-0.05, 0) is 37.7 Å². The van der Waals surface area contributed by atoms with E-state index in [0.29, 0.717) is 5.92 Å². The van der Waals surface area contributed by atoms with Crippen molar-refractivity contribution in [3.63, 3.8) is 0 Å². The van der Waals surface area contributed by atoms with E-state index in [9.17, 15) is 5.11 Å². The molecule has 13 heavy (non-hydrogen) atoms. The molecule has 1 N–H and O–H groups in total. The fraction of sp³-hybridized carbons (Fsp3) is 0.818. The number of fused-ring (bicyclic) bond motifs is 1. The van der Waals surface area contributed by atoms with Gasteiger partial charge in [0, 0.05) is 13.0 Å². The van der Waals surface area contributed by atoms with Crippen LogP contribution in [-0.2, 0) is 4.74 Å². The third-order valence-corrected chi connectivity index (χ3v) is 3.94. The summed E-state index contributed by atoms with van der Waals surface area (Å²) in [5.74, 6) is 0.638. The first-order valence-electron chi connectivity index (χ1n) is 5.24. The highest BCUT2D eigenvalue weighted by atomic mass is 16.5. The molecule has 3 fully saturated rings. The Morgan fingerprint density at radius 2 is 2.46 bits per heavy atom. The van der Waals surface area contributed by atoms with Crippen LogP contribution >= 0.6 is 0 Å². The average molecular weight is 180 g/mol. The first-order valence-corrected chi connectivity index (χ1v) is 5.24. The Hall–Kier alpha value is -0.340. The van der Waals surface area contributed by atoms with Crippen LogP contribution in [0.2, 0.25) is 0 Å². The van der Waals surface area contributed by atoms with Crippen molar-refractivity contribution in [1.29, 1.82) is 0 Å². The molecule has 0 spiro atoms. The quantitative estimate of drug-likeness (QED) is 0.654. The minimum atomic E-state index is -0.462. The highest BCUT2D eigenvalue weighted by molar-refractivity contribution is 5.39. The molecule has 0 amide bonds. The maximum absolute atomic E-state index is 10.2. The summed E-state index contributed by atoms with van der Waals surface area (Å²) in [5, 5.41) is 10.2. The molecule has 3 saturated carbocycles. The predicted octanol–water partition coefficient (Wildman–Crippen LogP) is 1.64. The van der Waals surface area contributed by atoms with Crippen molar-refractivity contribution in [2.24, 2.45) is 5.92 Å². The number of aliphatic hydroxyl groups is 1. The Morgan fingerprint density at radius 3 is 3.08 bits per heavy atom. The highest BCUT2D eigenvalue weighted by Gasteiger charge is 2.61. The van der Waals surface area contributed by atoms with Gasteiger partial charge in [0.1, 0.15) is 0 Å². The predicted molar refractivity (Wildman–Crippen MR) is 49.3 cm³/mol. The number of hydrogen-bond donors (Lipinski definition) is 1. The van der Waals surface area contributed by atoms with Crippen molar-refractivity contribution in [3.05, 3.63) is 11.6 Å². The summed E-state index contributed by atoms with van der Waals surface area (Å²) in [6.07, 6.45) is 6.21. The third kappa shape index (κ3) is 0.856. The molecular formula is C11H16O2. The van der Waals surface area contributed by atoms with Crippen molar-refractivity contribution in [3.8, 4) is 0 Å². The van der Waals surface area contributed by atoms with Gasteiger partial charge < -0.3 is 9.84 Å². The van der Waals surface area contributed by atoms with Gasteiger partial charge in [-0.15, -0.1) is 0 Å². The molecule has 5 aliphatic carbocycles. The van der Waals surface area contributed by atoms with E-state index in [1.165, 1.54) is 5.57 Å². The summed E-state index contributed by atoms with van der Waals surface area (Å²) < 4.78 is 5.82. The van der Waals surface area contributed by atoms with E-state index >= 15 is 0 Å².